The van der Waals surface area contributed by atoms with Crippen LogP contribution in [0.2, 0.25) is 0 Å². The largest absolute Gasteiger partial charge is 0.393 e. The Hall–Kier alpha value is -0.410. The number of hydrogen-bond donors (Lipinski definition) is 2. The van der Waals surface area contributed by atoms with Crippen molar-refractivity contribution in [1.29, 1.82) is 0 Å². The molecule has 0 radical (unpaired) electrons. The van der Waals surface area contributed by atoms with Crippen molar-refractivity contribution in [3.63, 3.8) is 0 Å². The highest BCUT2D eigenvalue weighted by Crippen LogP contribution is 2.68. The van der Waals surface area contributed by atoms with E-state index in [4.69, 9.17) is 4.99 Å². The number of aliphatic hydroxyl groups is 2. The van der Waals surface area contributed by atoms with E-state index in [0.29, 0.717) is 29.1 Å². The Kier molecular flexibility index (Phi) is 5.41. The Morgan fingerprint density at radius 1 is 0.933 bits per heavy atom. The van der Waals surface area contributed by atoms with Crippen LogP contribution in [0.25, 0.3) is 0 Å². The van der Waals surface area contributed by atoms with Crippen molar-refractivity contribution in [2.75, 3.05) is 6.54 Å². The second-order valence-corrected chi connectivity index (χ2v) is 12.7. The molecule has 4 saturated carbocycles. The highest BCUT2D eigenvalue weighted by atomic mass is 16.3. The van der Waals surface area contributed by atoms with E-state index in [9.17, 15) is 10.2 Å². The fraction of sp³-hybridized carbons (Fsp3) is 0.963. The molecule has 1 aliphatic heterocycles. The smallest absolute Gasteiger partial charge is 0.0582 e. The van der Waals surface area contributed by atoms with Crippen LogP contribution >= 0.6 is 0 Å². The third-order valence-electron chi connectivity index (χ3n) is 11.3. The van der Waals surface area contributed by atoms with Crippen molar-refractivity contribution < 1.29 is 10.2 Å². The predicted octanol–water partition coefficient (Wildman–Crippen LogP) is 5.48. The van der Waals surface area contributed by atoms with Gasteiger partial charge in [-0.3, -0.25) is 4.99 Å². The van der Waals surface area contributed by atoms with Crippen molar-refractivity contribution in [2.45, 2.75) is 104 Å². The molecule has 4 fully saturated rings. The molecule has 11 atom stereocenters. The molecule has 0 aromatic carbocycles. The number of rotatable bonds is 2. The summed E-state index contributed by atoms with van der Waals surface area (Å²) in [4.78, 5) is 4.99. The molecule has 0 unspecified atom stereocenters. The van der Waals surface area contributed by atoms with Gasteiger partial charge in [0, 0.05) is 12.3 Å². The molecule has 3 heteroatoms. The van der Waals surface area contributed by atoms with Gasteiger partial charge in [0.25, 0.3) is 0 Å². The summed E-state index contributed by atoms with van der Waals surface area (Å²) in [5.41, 5.74) is 2.09. The quantitative estimate of drug-likeness (QED) is 0.627. The summed E-state index contributed by atoms with van der Waals surface area (Å²) >= 11 is 0. The third kappa shape index (κ3) is 3.16. The van der Waals surface area contributed by atoms with E-state index in [1.807, 2.05) is 0 Å². The van der Waals surface area contributed by atoms with E-state index in [-0.39, 0.29) is 17.6 Å². The number of nitrogens with zero attached hydrogens (tertiary/aromatic N) is 1. The van der Waals surface area contributed by atoms with Crippen molar-refractivity contribution in [3.05, 3.63) is 0 Å². The predicted molar refractivity (Wildman–Crippen MR) is 122 cm³/mol. The van der Waals surface area contributed by atoms with Crippen LogP contribution in [0.5, 0.6) is 0 Å². The number of aliphatic hydroxyl groups excluding tert-OH is 2. The lowest BCUT2D eigenvalue weighted by Gasteiger charge is -2.61. The second kappa shape index (κ2) is 7.58. The van der Waals surface area contributed by atoms with Crippen molar-refractivity contribution in [1.82, 2.24) is 0 Å². The Morgan fingerprint density at radius 3 is 2.43 bits per heavy atom. The van der Waals surface area contributed by atoms with E-state index in [0.717, 1.165) is 50.0 Å². The van der Waals surface area contributed by atoms with E-state index in [1.165, 1.54) is 44.2 Å². The summed E-state index contributed by atoms with van der Waals surface area (Å²) in [6.45, 7) is 10.8. The molecule has 0 bridgehead atoms. The van der Waals surface area contributed by atoms with Gasteiger partial charge in [0.05, 0.1) is 12.2 Å². The first-order chi connectivity index (χ1) is 14.2. The second-order valence-electron chi connectivity index (χ2n) is 12.7. The molecular weight excluding hydrogens is 370 g/mol. The minimum absolute atomic E-state index is 0.0639. The summed E-state index contributed by atoms with van der Waals surface area (Å²) in [6, 6.07) is 0. The van der Waals surface area contributed by atoms with Gasteiger partial charge in [-0.25, -0.2) is 0 Å². The minimum atomic E-state index is -0.158. The molecule has 3 nitrogen and oxygen atoms in total. The number of fused-ring (bicyclic) bond motifs is 5. The zero-order valence-electron chi connectivity index (χ0n) is 19.8. The SMILES string of the molecule is C[C@H]1CCC([C@@H](C)[C@H]2[C@H](O)C[C@H]3[C@@H]4CC[C@H]5C[C@@H](O)CC[C@]5(C)[C@H]4CC[C@]23C)=NC1. The topological polar surface area (TPSA) is 52.8 Å². The highest BCUT2D eigenvalue weighted by molar-refractivity contribution is 5.87. The summed E-state index contributed by atoms with van der Waals surface area (Å²) in [6.07, 6.45) is 11.7. The van der Waals surface area contributed by atoms with Gasteiger partial charge in [-0.15, -0.1) is 0 Å². The van der Waals surface area contributed by atoms with Gasteiger partial charge in [0.1, 0.15) is 0 Å². The molecule has 0 spiro atoms. The van der Waals surface area contributed by atoms with Gasteiger partial charge in [-0.2, -0.15) is 0 Å². The van der Waals surface area contributed by atoms with Gasteiger partial charge in [-0.1, -0.05) is 27.7 Å². The normalized spacial score (nSPS) is 54.5. The van der Waals surface area contributed by atoms with Crippen molar-refractivity contribution in [2.24, 2.45) is 57.2 Å². The Balaban J connectivity index is 1.39. The van der Waals surface area contributed by atoms with Crippen LogP contribution in [0.3, 0.4) is 0 Å². The Bertz CT molecular complexity index is 690. The fourth-order valence-electron chi connectivity index (χ4n) is 9.61. The third-order valence-corrected chi connectivity index (χ3v) is 11.3. The zero-order valence-corrected chi connectivity index (χ0v) is 19.8. The first-order valence-electron chi connectivity index (χ1n) is 13.1. The molecule has 30 heavy (non-hydrogen) atoms. The summed E-state index contributed by atoms with van der Waals surface area (Å²) in [5.74, 6) is 4.50. The molecule has 170 valence electrons. The van der Waals surface area contributed by atoms with E-state index >= 15 is 0 Å². The van der Waals surface area contributed by atoms with Crippen LogP contribution in [0.15, 0.2) is 4.99 Å². The molecular formula is C27H45NO2. The van der Waals surface area contributed by atoms with Crippen molar-refractivity contribution >= 4 is 5.71 Å². The first kappa shape index (κ1) is 21.4. The fourth-order valence-corrected chi connectivity index (χ4v) is 9.61. The Morgan fingerprint density at radius 2 is 1.70 bits per heavy atom. The van der Waals surface area contributed by atoms with Gasteiger partial charge in [0.15, 0.2) is 0 Å². The highest BCUT2D eigenvalue weighted by Gasteiger charge is 2.63. The molecule has 5 aliphatic rings. The average Bonchev–Trinajstić information content (AvgIpc) is 2.98. The van der Waals surface area contributed by atoms with Crippen LogP contribution in [0, 0.1) is 52.3 Å². The van der Waals surface area contributed by atoms with Crippen LogP contribution in [0.1, 0.15) is 91.9 Å². The average molecular weight is 416 g/mol. The Labute approximate surface area is 184 Å². The van der Waals surface area contributed by atoms with Crippen LogP contribution in [0.4, 0.5) is 0 Å². The molecule has 0 aromatic rings. The maximum Gasteiger partial charge on any atom is 0.0582 e. The van der Waals surface area contributed by atoms with E-state index < -0.39 is 0 Å². The molecule has 1 heterocycles. The van der Waals surface area contributed by atoms with Gasteiger partial charge in [-0.05, 0) is 116 Å². The lowest BCUT2D eigenvalue weighted by molar-refractivity contribution is -0.128. The number of hydrogen-bond acceptors (Lipinski definition) is 3. The van der Waals surface area contributed by atoms with E-state index in [1.54, 1.807) is 0 Å². The van der Waals surface area contributed by atoms with Crippen LogP contribution in [-0.4, -0.2) is 34.7 Å². The molecule has 2 N–H and O–H groups in total. The molecule has 0 aromatic heterocycles. The summed E-state index contributed by atoms with van der Waals surface area (Å²) in [7, 11) is 0. The molecule has 0 amide bonds. The first-order valence-corrected chi connectivity index (χ1v) is 13.1. The lowest BCUT2D eigenvalue weighted by atomic mass is 9.44. The van der Waals surface area contributed by atoms with E-state index in [2.05, 4.69) is 27.7 Å². The van der Waals surface area contributed by atoms with Gasteiger partial charge in [0.2, 0.25) is 0 Å². The molecule has 4 aliphatic carbocycles. The molecule has 5 rings (SSSR count). The maximum atomic E-state index is 11.4. The number of aliphatic imine (C=N–C) groups is 1. The standard InChI is InChI=1S/C27H45NO2/c1-16-5-8-23(28-15-16)17(2)25-24(30)14-22-20-7-6-18-13-19(29)9-11-26(18,3)21(20)10-12-27(22,25)4/h16-22,24-25,29-30H,5-15H2,1-4H3/t16-,17+,18-,19-,20+,21-,22-,24+,25-,26-,27-/m0/s1. The van der Waals surface area contributed by atoms with Crippen LogP contribution < -0.4 is 0 Å². The summed E-state index contributed by atoms with van der Waals surface area (Å²) in [5, 5.41) is 21.6. The van der Waals surface area contributed by atoms with Gasteiger partial charge >= 0.3 is 0 Å². The summed E-state index contributed by atoms with van der Waals surface area (Å²) < 4.78 is 0. The van der Waals surface area contributed by atoms with Gasteiger partial charge < -0.3 is 10.2 Å². The van der Waals surface area contributed by atoms with Crippen LogP contribution in [-0.2, 0) is 0 Å². The molecule has 0 saturated heterocycles. The maximum absolute atomic E-state index is 11.4. The zero-order chi connectivity index (χ0) is 21.3. The monoisotopic (exact) mass is 415 g/mol. The lowest BCUT2D eigenvalue weighted by Crippen LogP contribution is -2.54. The minimum Gasteiger partial charge on any atom is -0.393 e. The van der Waals surface area contributed by atoms with Crippen molar-refractivity contribution in [3.8, 4) is 0 Å².